The molecule has 116 valence electrons. The van der Waals surface area contributed by atoms with E-state index in [4.69, 9.17) is 9.47 Å². The smallest absolute Gasteiger partial charge is 0.260 e. The summed E-state index contributed by atoms with van der Waals surface area (Å²) in [5.74, 6) is 0.813. The number of carbonyl (C=O) groups excluding carboxylic acids is 1. The average Bonchev–Trinajstić information content (AvgIpc) is 2.44. The molecule has 1 aliphatic rings. The zero-order valence-corrected chi connectivity index (χ0v) is 13.4. The number of ether oxygens (including phenoxy) is 2. The van der Waals surface area contributed by atoms with E-state index in [2.05, 4.69) is 26.8 Å². The summed E-state index contributed by atoms with van der Waals surface area (Å²) in [6, 6.07) is 7.91. The third-order valence-electron chi connectivity index (χ3n) is 3.64. The first-order valence-corrected chi connectivity index (χ1v) is 7.49. The highest BCUT2D eigenvalue weighted by atomic mass is 16.5. The maximum Gasteiger partial charge on any atom is 0.260 e. The molecule has 1 fully saturated rings. The van der Waals surface area contributed by atoms with Gasteiger partial charge in [0.15, 0.2) is 6.61 Å². The van der Waals surface area contributed by atoms with Crippen LogP contribution in [0, 0.1) is 0 Å². The number of hydrogen-bond acceptors (Lipinski definition) is 3. The summed E-state index contributed by atoms with van der Waals surface area (Å²) >= 11 is 0. The maximum atomic E-state index is 12.2. The van der Waals surface area contributed by atoms with Gasteiger partial charge in [-0.3, -0.25) is 4.79 Å². The molecule has 0 bridgehead atoms. The van der Waals surface area contributed by atoms with Gasteiger partial charge in [0.25, 0.3) is 5.91 Å². The molecule has 1 saturated heterocycles. The summed E-state index contributed by atoms with van der Waals surface area (Å²) in [5.41, 5.74) is 1.11. The van der Waals surface area contributed by atoms with Crippen LogP contribution in [0.1, 0.15) is 33.3 Å². The van der Waals surface area contributed by atoms with Gasteiger partial charge in [0.2, 0.25) is 0 Å². The third kappa shape index (κ3) is 4.21. The molecule has 1 unspecified atom stereocenters. The van der Waals surface area contributed by atoms with Gasteiger partial charge < -0.3 is 14.4 Å². The van der Waals surface area contributed by atoms with Crippen LogP contribution in [0.25, 0.3) is 0 Å². The maximum absolute atomic E-state index is 12.2. The second-order valence-electron chi connectivity index (χ2n) is 6.56. The van der Waals surface area contributed by atoms with Gasteiger partial charge in [-0.15, -0.1) is 0 Å². The molecule has 21 heavy (non-hydrogen) atoms. The molecule has 1 heterocycles. The lowest BCUT2D eigenvalue weighted by Gasteiger charge is -2.31. The number of amides is 1. The van der Waals surface area contributed by atoms with Gasteiger partial charge in [-0.2, -0.15) is 0 Å². The molecule has 1 aromatic carbocycles. The van der Waals surface area contributed by atoms with Crippen LogP contribution in [0.15, 0.2) is 24.3 Å². The molecule has 1 amide bonds. The number of hydrogen-bond donors (Lipinski definition) is 0. The molecule has 2 rings (SSSR count). The summed E-state index contributed by atoms with van der Waals surface area (Å²) in [7, 11) is 0. The summed E-state index contributed by atoms with van der Waals surface area (Å²) in [4.78, 5) is 14.0. The average molecular weight is 291 g/mol. The Kier molecular flexibility index (Phi) is 4.88. The second-order valence-corrected chi connectivity index (χ2v) is 6.56. The minimum atomic E-state index is -0.00683. The van der Waals surface area contributed by atoms with Crippen molar-refractivity contribution in [3.05, 3.63) is 29.8 Å². The first-order valence-electron chi connectivity index (χ1n) is 7.49. The quantitative estimate of drug-likeness (QED) is 0.859. The largest absolute Gasteiger partial charge is 0.483 e. The standard InChI is InChI=1S/C17H25NO3/c1-13-11-18(9-10-20-13)16(19)12-21-15-8-6-5-7-14(15)17(2,3)4/h5-8,13H,9-12H2,1-4H3. The normalized spacial score (nSPS) is 19.4. The van der Waals surface area contributed by atoms with Gasteiger partial charge in [-0.1, -0.05) is 39.0 Å². The molecule has 0 aromatic heterocycles. The molecule has 0 aliphatic carbocycles. The molecule has 1 aromatic rings. The Balaban J connectivity index is 1.98. The summed E-state index contributed by atoms with van der Waals surface area (Å²) < 4.78 is 11.2. The molecule has 0 spiro atoms. The monoisotopic (exact) mass is 291 g/mol. The van der Waals surface area contributed by atoms with Crippen molar-refractivity contribution in [1.29, 1.82) is 0 Å². The molecule has 4 heteroatoms. The summed E-state index contributed by atoms with van der Waals surface area (Å²) in [5, 5.41) is 0. The van der Waals surface area contributed by atoms with E-state index in [0.29, 0.717) is 19.7 Å². The van der Waals surface area contributed by atoms with Crippen LogP contribution in [0.5, 0.6) is 5.75 Å². The Hall–Kier alpha value is -1.55. The molecular formula is C17H25NO3. The van der Waals surface area contributed by atoms with Gasteiger partial charge in [0.05, 0.1) is 12.7 Å². The zero-order valence-electron chi connectivity index (χ0n) is 13.4. The van der Waals surface area contributed by atoms with Crippen LogP contribution in [0.4, 0.5) is 0 Å². The minimum Gasteiger partial charge on any atom is -0.483 e. The Morgan fingerprint density at radius 2 is 2.10 bits per heavy atom. The third-order valence-corrected chi connectivity index (χ3v) is 3.64. The van der Waals surface area contributed by atoms with Crippen molar-refractivity contribution < 1.29 is 14.3 Å². The Morgan fingerprint density at radius 3 is 2.76 bits per heavy atom. The summed E-state index contributed by atoms with van der Waals surface area (Å²) in [6.07, 6.45) is 0.101. The lowest BCUT2D eigenvalue weighted by atomic mass is 9.86. The van der Waals surface area contributed by atoms with Gasteiger partial charge in [-0.25, -0.2) is 0 Å². The second kappa shape index (κ2) is 6.48. The number of para-hydroxylation sites is 1. The van der Waals surface area contributed by atoms with Gasteiger partial charge >= 0.3 is 0 Å². The lowest BCUT2D eigenvalue weighted by molar-refractivity contribution is -0.140. The number of carbonyl (C=O) groups is 1. The van der Waals surface area contributed by atoms with E-state index in [1.54, 1.807) is 0 Å². The highest BCUT2D eigenvalue weighted by Gasteiger charge is 2.23. The molecular weight excluding hydrogens is 266 g/mol. The topological polar surface area (TPSA) is 38.8 Å². The molecule has 4 nitrogen and oxygen atoms in total. The van der Waals surface area contributed by atoms with Crippen LogP contribution < -0.4 is 4.74 Å². The number of nitrogens with zero attached hydrogens (tertiary/aromatic N) is 1. The van der Waals surface area contributed by atoms with Crippen molar-refractivity contribution in [2.45, 2.75) is 39.2 Å². The zero-order chi connectivity index (χ0) is 15.5. The minimum absolute atomic E-state index is 0.00683. The molecule has 1 aliphatic heterocycles. The van der Waals surface area contributed by atoms with E-state index in [9.17, 15) is 4.79 Å². The van der Waals surface area contributed by atoms with E-state index in [1.807, 2.05) is 30.0 Å². The SMILES string of the molecule is CC1CN(C(=O)COc2ccccc2C(C)(C)C)CCO1. The van der Waals surface area contributed by atoms with E-state index < -0.39 is 0 Å². The van der Waals surface area contributed by atoms with Crippen LogP contribution >= 0.6 is 0 Å². The first-order chi connectivity index (χ1) is 9.88. The van der Waals surface area contributed by atoms with Crippen LogP contribution in [-0.2, 0) is 14.9 Å². The fraction of sp³-hybridized carbons (Fsp3) is 0.588. The van der Waals surface area contributed by atoms with Crippen LogP contribution in [0.2, 0.25) is 0 Å². The highest BCUT2D eigenvalue weighted by molar-refractivity contribution is 5.78. The van der Waals surface area contributed by atoms with E-state index in [-0.39, 0.29) is 24.0 Å². The van der Waals surface area contributed by atoms with E-state index in [0.717, 1.165) is 11.3 Å². The van der Waals surface area contributed by atoms with Crippen molar-refractivity contribution in [3.63, 3.8) is 0 Å². The van der Waals surface area contributed by atoms with Crippen LogP contribution in [-0.4, -0.2) is 43.2 Å². The highest BCUT2D eigenvalue weighted by Crippen LogP contribution is 2.30. The number of morpholine rings is 1. The van der Waals surface area contributed by atoms with Crippen molar-refractivity contribution in [3.8, 4) is 5.75 Å². The van der Waals surface area contributed by atoms with E-state index >= 15 is 0 Å². The lowest BCUT2D eigenvalue weighted by Crippen LogP contribution is -2.46. The predicted molar refractivity (Wildman–Crippen MR) is 82.6 cm³/mol. The first kappa shape index (κ1) is 15.8. The molecule has 0 N–H and O–H groups in total. The Labute approximate surface area is 127 Å². The van der Waals surface area contributed by atoms with Crippen molar-refractivity contribution in [2.75, 3.05) is 26.3 Å². The molecule has 0 saturated carbocycles. The molecule has 0 radical (unpaired) electrons. The van der Waals surface area contributed by atoms with E-state index in [1.165, 1.54) is 0 Å². The fourth-order valence-electron chi connectivity index (χ4n) is 2.49. The molecule has 1 atom stereocenters. The Bertz CT molecular complexity index is 493. The van der Waals surface area contributed by atoms with Crippen molar-refractivity contribution >= 4 is 5.91 Å². The number of rotatable bonds is 3. The van der Waals surface area contributed by atoms with Crippen molar-refractivity contribution in [1.82, 2.24) is 4.90 Å². The van der Waals surface area contributed by atoms with Crippen LogP contribution in [0.3, 0.4) is 0 Å². The Morgan fingerprint density at radius 1 is 1.38 bits per heavy atom. The summed E-state index contributed by atoms with van der Waals surface area (Å²) in [6.45, 7) is 10.4. The number of benzene rings is 1. The predicted octanol–water partition coefficient (Wildman–Crippen LogP) is 2.61. The van der Waals surface area contributed by atoms with Gasteiger partial charge in [-0.05, 0) is 24.0 Å². The fourth-order valence-corrected chi connectivity index (χ4v) is 2.49. The van der Waals surface area contributed by atoms with Crippen molar-refractivity contribution in [2.24, 2.45) is 0 Å². The van der Waals surface area contributed by atoms with Gasteiger partial charge in [0.1, 0.15) is 5.75 Å². The van der Waals surface area contributed by atoms with Gasteiger partial charge in [0, 0.05) is 13.1 Å².